The second-order valence-corrected chi connectivity index (χ2v) is 5.63. The number of hydrogen-bond donors (Lipinski definition) is 1. The van der Waals surface area contributed by atoms with Gasteiger partial charge in [-0.25, -0.2) is 22.0 Å². The molecule has 0 spiro atoms. The fourth-order valence-corrected chi connectivity index (χ4v) is 3.58. The number of aliphatic hydroxyl groups excluding tert-OH is 1. The predicted molar refractivity (Wildman–Crippen MR) is 60.5 cm³/mol. The number of Topliss-reactive ketones (excluding diaryl/α,β-unsaturated/α-hetero) is 1. The van der Waals surface area contributed by atoms with Crippen LogP contribution in [0.3, 0.4) is 0 Å². The molecule has 2 fully saturated rings. The van der Waals surface area contributed by atoms with Gasteiger partial charge in [0.05, 0.1) is 17.6 Å². The van der Waals surface area contributed by atoms with E-state index in [2.05, 4.69) is 0 Å². The smallest absolute Gasteiger partial charge is 0.200 e. The van der Waals surface area contributed by atoms with Crippen LogP contribution in [-0.2, 0) is 4.79 Å². The van der Waals surface area contributed by atoms with Crippen molar-refractivity contribution in [1.82, 2.24) is 0 Å². The van der Waals surface area contributed by atoms with Crippen LogP contribution in [0.1, 0.15) is 30.9 Å². The normalized spacial score (nSPS) is 29.2. The first-order valence-corrected chi connectivity index (χ1v) is 6.57. The number of fused-ring (bicyclic) bond motifs is 2. The van der Waals surface area contributed by atoms with Gasteiger partial charge in [-0.1, -0.05) is 0 Å². The van der Waals surface area contributed by atoms with Crippen molar-refractivity contribution in [2.75, 3.05) is 0 Å². The first-order valence-electron chi connectivity index (χ1n) is 6.57. The van der Waals surface area contributed by atoms with E-state index >= 15 is 0 Å². The standard InChI is InChI=1S/C14H11F5O2/c15-8-7(9(16)11(18)12(19)10(8)17)14(21)6-4-1-2-5(3-4)13(6)20/h4-6,14,21H,1-3H2. The number of carbonyl (C=O) groups is 1. The van der Waals surface area contributed by atoms with Crippen molar-refractivity contribution in [3.05, 3.63) is 34.6 Å². The first kappa shape index (κ1) is 14.4. The third-order valence-corrected chi connectivity index (χ3v) is 4.59. The van der Waals surface area contributed by atoms with Gasteiger partial charge >= 0.3 is 0 Å². The molecule has 4 atom stereocenters. The van der Waals surface area contributed by atoms with E-state index in [0.717, 1.165) is 0 Å². The van der Waals surface area contributed by atoms with Gasteiger partial charge < -0.3 is 5.11 Å². The molecule has 0 aromatic heterocycles. The second-order valence-electron chi connectivity index (χ2n) is 5.63. The van der Waals surface area contributed by atoms with Crippen molar-refractivity contribution in [3.63, 3.8) is 0 Å². The molecule has 1 N–H and O–H groups in total. The molecular weight excluding hydrogens is 295 g/mol. The number of halogens is 5. The Kier molecular flexibility index (Phi) is 3.27. The molecule has 0 radical (unpaired) electrons. The molecule has 21 heavy (non-hydrogen) atoms. The third kappa shape index (κ3) is 1.90. The topological polar surface area (TPSA) is 37.3 Å². The molecule has 114 valence electrons. The third-order valence-electron chi connectivity index (χ3n) is 4.59. The summed E-state index contributed by atoms with van der Waals surface area (Å²) in [5, 5.41) is 10.1. The van der Waals surface area contributed by atoms with Crippen LogP contribution < -0.4 is 0 Å². The Morgan fingerprint density at radius 3 is 1.90 bits per heavy atom. The van der Waals surface area contributed by atoms with Crippen LogP contribution in [0.15, 0.2) is 0 Å². The zero-order valence-electron chi connectivity index (χ0n) is 10.7. The summed E-state index contributed by atoms with van der Waals surface area (Å²) in [6.45, 7) is 0. The fraction of sp³-hybridized carbons (Fsp3) is 0.500. The van der Waals surface area contributed by atoms with Crippen LogP contribution in [0, 0.1) is 46.8 Å². The summed E-state index contributed by atoms with van der Waals surface area (Å²) >= 11 is 0. The van der Waals surface area contributed by atoms with Crippen molar-refractivity contribution in [2.24, 2.45) is 17.8 Å². The van der Waals surface area contributed by atoms with E-state index in [-0.39, 0.29) is 17.6 Å². The van der Waals surface area contributed by atoms with Crippen molar-refractivity contribution < 1.29 is 31.9 Å². The summed E-state index contributed by atoms with van der Waals surface area (Å²) in [5.41, 5.74) is -1.31. The Labute approximate surface area is 116 Å². The molecule has 0 amide bonds. The van der Waals surface area contributed by atoms with E-state index < -0.39 is 46.7 Å². The average Bonchev–Trinajstić information content (AvgIpc) is 3.04. The zero-order chi connectivity index (χ0) is 15.5. The summed E-state index contributed by atoms with van der Waals surface area (Å²) in [7, 11) is 0. The van der Waals surface area contributed by atoms with E-state index in [1.807, 2.05) is 0 Å². The first-order chi connectivity index (χ1) is 9.84. The van der Waals surface area contributed by atoms with Gasteiger partial charge in [0, 0.05) is 5.92 Å². The number of benzene rings is 1. The Balaban J connectivity index is 2.07. The van der Waals surface area contributed by atoms with E-state index in [9.17, 15) is 31.9 Å². The molecule has 2 bridgehead atoms. The summed E-state index contributed by atoms with van der Waals surface area (Å²) < 4.78 is 66.7. The number of ketones is 1. The van der Waals surface area contributed by atoms with Gasteiger partial charge in [-0.2, -0.15) is 0 Å². The predicted octanol–water partition coefficient (Wildman–Crippen LogP) is 3.03. The van der Waals surface area contributed by atoms with Gasteiger partial charge in [-0.05, 0) is 25.2 Å². The number of aliphatic hydroxyl groups is 1. The molecule has 3 rings (SSSR count). The monoisotopic (exact) mass is 306 g/mol. The minimum absolute atomic E-state index is 0.271. The average molecular weight is 306 g/mol. The quantitative estimate of drug-likeness (QED) is 0.518. The van der Waals surface area contributed by atoms with Gasteiger partial charge in [0.2, 0.25) is 5.82 Å². The molecule has 0 aliphatic heterocycles. The summed E-state index contributed by atoms with van der Waals surface area (Å²) in [4.78, 5) is 12.0. The second kappa shape index (κ2) is 4.76. The van der Waals surface area contributed by atoms with Gasteiger partial charge in [0.25, 0.3) is 0 Å². The highest BCUT2D eigenvalue weighted by atomic mass is 19.2. The van der Waals surface area contributed by atoms with Crippen LogP contribution in [0.25, 0.3) is 0 Å². The molecule has 2 saturated carbocycles. The number of hydrogen-bond acceptors (Lipinski definition) is 2. The van der Waals surface area contributed by atoms with Crippen LogP contribution >= 0.6 is 0 Å². The lowest BCUT2D eigenvalue weighted by molar-refractivity contribution is -0.129. The fourth-order valence-electron chi connectivity index (χ4n) is 3.58. The van der Waals surface area contributed by atoms with Gasteiger partial charge in [0.15, 0.2) is 23.3 Å². The van der Waals surface area contributed by atoms with Crippen molar-refractivity contribution in [1.29, 1.82) is 0 Å². The highest BCUT2D eigenvalue weighted by Crippen LogP contribution is 2.51. The van der Waals surface area contributed by atoms with E-state index in [0.29, 0.717) is 19.3 Å². The summed E-state index contributed by atoms with van der Waals surface area (Å²) in [5.74, 6) is -12.7. The molecule has 2 aliphatic rings. The Morgan fingerprint density at radius 2 is 1.43 bits per heavy atom. The van der Waals surface area contributed by atoms with Crippen molar-refractivity contribution in [3.8, 4) is 0 Å². The molecule has 2 nitrogen and oxygen atoms in total. The maximum Gasteiger partial charge on any atom is 0.200 e. The molecule has 1 aromatic carbocycles. The van der Waals surface area contributed by atoms with Crippen LogP contribution in [0.2, 0.25) is 0 Å². The Morgan fingerprint density at radius 1 is 0.905 bits per heavy atom. The van der Waals surface area contributed by atoms with Crippen molar-refractivity contribution in [2.45, 2.75) is 25.4 Å². The van der Waals surface area contributed by atoms with Crippen LogP contribution in [0.5, 0.6) is 0 Å². The molecule has 7 heteroatoms. The number of carbonyl (C=O) groups excluding carboxylic acids is 1. The minimum atomic E-state index is -2.28. The van der Waals surface area contributed by atoms with Crippen LogP contribution in [-0.4, -0.2) is 10.9 Å². The van der Waals surface area contributed by atoms with Crippen molar-refractivity contribution >= 4 is 5.78 Å². The lowest BCUT2D eigenvalue weighted by Gasteiger charge is -2.26. The van der Waals surface area contributed by atoms with Gasteiger partial charge in [-0.15, -0.1) is 0 Å². The Hall–Kier alpha value is -1.50. The summed E-state index contributed by atoms with van der Waals surface area (Å²) in [6, 6.07) is 0. The SMILES string of the molecule is O=C1C2CCC(C2)C1C(O)c1c(F)c(F)c(F)c(F)c1F. The molecular formula is C14H11F5O2. The maximum absolute atomic E-state index is 13.7. The highest BCUT2D eigenvalue weighted by Gasteiger charge is 2.51. The molecule has 1 aromatic rings. The molecule has 0 heterocycles. The number of rotatable bonds is 2. The molecule has 0 saturated heterocycles. The van der Waals surface area contributed by atoms with E-state index in [1.54, 1.807) is 0 Å². The van der Waals surface area contributed by atoms with Gasteiger partial charge in [0.1, 0.15) is 5.78 Å². The van der Waals surface area contributed by atoms with E-state index in [4.69, 9.17) is 0 Å². The lowest BCUT2D eigenvalue weighted by atomic mass is 9.81. The summed E-state index contributed by atoms with van der Waals surface area (Å²) in [6.07, 6.45) is -0.273. The zero-order valence-corrected chi connectivity index (χ0v) is 10.7. The maximum atomic E-state index is 13.7. The van der Waals surface area contributed by atoms with Crippen LogP contribution in [0.4, 0.5) is 22.0 Å². The largest absolute Gasteiger partial charge is 0.387 e. The Bertz CT molecular complexity index is 601. The molecule has 2 aliphatic carbocycles. The van der Waals surface area contributed by atoms with Gasteiger partial charge in [-0.3, -0.25) is 4.79 Å². The minimum Gasteiger partial charge on any atom is -0.387 e. The lowest BCUT2D eigenvalue weighted by Crippen LogP contribution is -2.29. The highest BCUT2D eigenvalue weighted by molar-refractivity contribution is 5.87. The van der Waals surface area contributed by atoms with E-state index in [1.165, 1.54) is 0 Å². The molecule has 4 unspecified atom stereocenters.